The number of rotatable bonds is 2. The van der Waals surface area contributed by atoms with Crippen LogP contribution >= 0.6 is 0 Å². The van der Waals surface area contributed by atoms with Crippen molar-refractivity contribution in [2.45, 2.75) is 26.2 Å². The van der Waals surface area contributed by atoms with Crippen LogP contribution in [0.4, 0.5) is 0 Å². The highest BCUT2D eigenvalue weighted by atomic mass is 16.4. The van der Waals surface area contributed by atoms with Crippen LogP contribution in [0.15, 0.2) is 5.16 Å². The second-order valence-corrected chi connectivity index (χ2v) is 4.94. The first kappa shape index (κ1) is 11.2. The van der Waals surface area contributed by atoms with E-state index in [-0.39, 0.29) is 11.8 Å². The Morgan fingerprint density at radius 3 is 2.44 bits per heavy atom. The number of oxime groups is 1. The van der Waals surface area contributed by atoms with Crippen LogP contribution in [0.3, 0.4) is 0 Å². The van der Waals surface area contributed by atoms with Gasteiger partial charge in [0.1, 0.15) is 5.84 Å². The molecule has 3 N–H and O–H groups in total. The third kappa shape index (κ3) is 2.13. The summed E-state index contributed by atoms with van der Waals surface area (Å²) in [5, 5.41) is 11.6. The smallest absolute Gasteiger partial charge is 0.225 e. The molecule has 2 rings (SSSR count). The quantitative estimate of drug-likeness (QED) is 0.313. The molecular weight excluding hydrogens is 206 g/mol. The van der Waals surface area contributed by atoms with Crippen LogP contribution in [0.2, 0.25) is 0 Å². The van der Waals surface area contributed by atoms with E-state index in [1.54, 1.807) is 0 Å². The van der Waals surface area contributed by atoms with E-state index in [1.165, 1.54) is 0 Å². The summed E-state index contributed by atoms with van der Waals surface area (Å²) in [5.41, 5.74) is 5.56. The highest BCUT2D eigenvalue weighted by Crippen LogP contribution is 2.39. The van der Waals surface area contributed by atoms with Gasteiger partial charge in [-0.05, 0) is 25.2 Å². The first-order valence-electron chi connectivity index (χ1n) is 5.89. The van der Waals surface area contributed by atoms with E-state index in [9.17, 15) is 4.79 Å². The van der Waals surface area contributed by atoms with Crippen molar-refractivity contribution in [2.75, 3.05) is 13.1 Å². The van der Waals surface area contributed by atoms with Gasteiger partial charge in [-0.1, -0.05) is 12.1 Å². The summed E-state index contributed by atoms with van der Waals surface area (Å²) in [4.78, 5) is 13.9. The Bertz CT molecular complexity index is 308. The van der Waals surface area contributed by atoms with Crippen molar-refractivity contribution in [2.24, 2.45) is 28.6 Å². The lowest BCUT2D eigenvalue weighted by Gasteiger charge is -2.31. The molecule has 0 aromatic rings. The van der Waals surface area contributed by atoms with Crippen LogP contribution < -0.4 is 5.73 Å². The van der Waals surface area contributed by atoms with Gasteiger partial charge in [0.05, 0.1) is 0 Å². The Kier molecular flexibility index (Phi) is 3.03. The van der Waals surface area contributed by atoms with Gasteiger partial charge in [-0.3, -0.25) is 4.79 Å². The molecule has 5 nitrogen and oxygen atoms in total. The van der Waals surface area contributed by atoms with Crippen molar-refractivity contribution in [3.63, 3.8) is 0 Å². The number of carbonyl (C=O) groups is 1. The summed E-state index contributed by atoms with van der Waals surface area (Å²) in [6.07, 6.45) is 2.66. The Morgan fingerprint density at radius 1 is 1.44 bits per heavy atom. The number of piperidine rings is 1. The van der Waals surface area contributed by atoms with Gasteiger partial charge >= 0.3 is 0 Å². The molecule has 2 atom stereocenters. The average molecular weight is 225 g/mol. The van der Waals surface area contributed by atoms with Gasteiger partial charge in [0, 0.05) is 24.9 Å². The number of nitrogens with zero attached hydrogens (tertiary/aromatic N) is 2. The predicted octanol–water partition coefficient (Wildman–Crippen LogP) is 0.627. The molecule has 16 heavy (non-hydrogen) atoms. The van der Waals surface area contributed by atoms with Crippen molar-refractivity contribution in [1.82, 2.24) is 4.90 Å². The lowest BCUT2D eigenvalue weighted by atomic mass is 9.95. The van der Waals surface area contributed by atoms with Gasteiger partial charge in [-0.15, -0.1) is 0 Å². The maximum atomic E-state index is 11.9. The van der Waals surface area contributed by atoms with E-state index in [1.807, 2.05) is 4.90 Å². The lowest BCUT2D eigenvalue weighted by molar-refractivity contribution is -0.134. The van der Waals surface area contributed by atoms with E-state index in [4.69, 9.17) is 10.9 Å². The summed E-state index contributed by atoms with van der Waals surface area (Å²) in [6, 6.07) is 0. The standard InChI is InChI=1S/C11H19N3O2/c1-7-6-9(7)11(15)14-4-2-8(3-5-14)10(12)13-16/h7-9,16H,2-6H2,1H3,(H2,12,13). The summed E-state index contributed by atoms with van der Waals surface area (Å²) in [6.45, 7) is 3.59. The third-order valence-electron chi connectivity index (χ3n) is 3.77. The first-order valence-corrected chi connectivity index (χ1v) is 5.89. The van der Waals surface area contributed by atoms with Crippen LogP contribution in [-0.4, -0.2) is 34.9 Å². The molecule has 2 fully saturated rings. The summed E-state index contributed by atoms with van der Waals surface area (Å²) < 4.78 is 0. The molecule has 0 aromatic heterocycles. The van der Waals surface area contributed by atoms with E-state index >= 15 is 0 Å². The maximum absolute atomic E-state index is 11.9. The summed E-state index contributed by atoms with van der Waals surface area (Å²) >= 11 is 0. The molecule has 1 heterocycles. The summed E-state index contributed by atoms with van der Waals surface area (Å²) in [5.74, 6) is 1.55. The number of carbonyl (C=O) groups excluding carboxylic acids is 1. The first-order chi connectivity index (χ1) is 7.63. The zero-order valence-corrected chi connectivity index (χ0v) is 9.59. The Balaban J connectivity index is 1.83. The monoisotopic (exact) mass is 225 g/mol. The van der Waals surface area contributed by atoms with Crippen molar-refractivity contribution < 1.29 is 10.0 Å². The van der Waals surface area contributed by atoms with Gasteiger partial charge in [0.15, 0.2) is 0 Å². The molecule has 1 saturated carbocycles. The molecule has 90 valence electrons. The van der Waals surface area contributed by atoms with Crippen molar-refractivity contribution in [3.8, 4) is 0 Å². The lowest BCUT2D eigenvalue weighted by Crippen LogP contribution is -2.42. The number of amidine groups is 1. The predicted molar refractivity (Wildman–Crippen MR) is 60.0 cm³/mol. The van der Waals surface area contributed by atoms with Gasteiger partial charge in [0.2, 0.25) is 5.91 Å². The molecule has 0 spiro atoms. The van der Waals surface area contributed by atoms with Crippen LogP contribution in [0.25, 0.3) is 0 Å². The number of nitrogens with two attached hydrogens (primary N) is 1. The molecule has 0 aromatic carbocycles. The van der Waals surface area contributed by atoms with Crippen molar-refractivity contribution in [1.29, 1.82) is 0 Å². The minimum absolute atomic E-state index is 0.130. The van der Waals surface area contributed by atoms with E-state index in [2.05, 4.69) is 12.1 Å². The second kappa shape index (κ2) is 4.31. The zero-order valence-electron chi connectivity index (χ0n) is 9.59. The topological polar surface area (TPSA) is 78.9 Å². The van der Waals surface area contributed by atoms with Crippen LogP contribution in [0.1, 0.15) is 26.2 Å². The SMILES string of the molecule is CC1CC1C(=O)N1CCC(C(N)=NO)CC1. The molecule has 0 radical (unpaired) electrons. The molecule has 1 amide bonds. The Morgan fingerprint density at radius 2 is 2.00 bits per heavy atom. The zero-order chi connectivity index (χ0) is 11.7. The fourth-order valence-electron chi connectivity index (χ4n) is 2.38. The van der Waals surface area contributed by atoms with Crippen LogP contribution in [0, 0.1) is 17.8 Å². The van der Waals surface area contributed by atoms with Gasteiger partial charge in [-0.2, -0.15) is 0 Å². The Hall–Kier alpha value is -1.26. The third-order valence-corrected chi connectivity index (χ3v) is 3.77. The molecule has 1 saturated heterocycles. The van der Waals surface area contributed by atoms with Crippen molar-refractivity contribution in [3.05, 3.63) is 0 Å². The normalized spacial score (nSPS) is 31.6. The average Bonchev–Trinajstić information content (AvgIpc) is 3.04. The summed E-state index contributed by atoms with van der Waals surface area (Å²) in [7, 11) is 0. The van der Waals surface area contributed by atoms with E-state index < -0.39 is 0 Å². The highest BCUT2D eigenvalue weighted by Gasteiger charge is 2.42. The fraction of sp³-hybridized carbons (Fsp3) is 0.818. The van der Waals surface area contributed by atoms with Gasteiger partial charge in [0.25, 0.3) is 0 Å². The van der Waals surface area contributed by atoms with Gasteiger partial charge < -0.3 is 15.8 Å². The number of likely N-dealkylation sites (tertiary alicyclic amines) is 1. The molecular formula is C11H19N3O2. The minimum atomic E-state index is 0.130. The van der Waals surface area contributed by atoms with Crippen LogP contribution in [0.5, 0.6) is 0 Å². The maximum Gasteiger partial charge on any atom is 0.225 e. The molecule has 1 aliphatic heterocycles. The van der Waals surface area contributed by atoms with Crippen molar-refractivity contribution >= 4 is 11.7 Å². The van der Waals surface area contributed by atoms with Gasteiger partial charge in [-0.25, -0.2) is 0 Å². The molecule has 2 aliphatic rings. The fourth-order valence-corrected chi connectivity index (χ4v) is 2.38. The largest absolute Gasteiger partial charge is 0.409 e. The molecule has 1 aliphatic carbocycles. The molecule has 5 heteroatoms. The van der Waals surface area contributed by atoms with Crippen LogP contribution in [-0.2, 0) is 4.79 Å². The number of hydrogen-bond donors (Lipinski definition) is 2. The Labute approximate surface area is 95.3 Å². The second-order valence-electron chi connectivity index (χ2n) is 4.94. The van der Waals surface area contributed by atoms with E-state index in [0.717, 1.165) is 32.4 Å². The minimum Gasteiger partial charge on any atom is -0.409 e. The number of amides is 1. The molecule has 2 unspecified atom stereocenters. The molecule has 0 bridgehead atoms. The highest BCUT2D eigenvalue weighted by molar-refractivity contribution is 5.84. The number of hydrogen-bond acceptors (Lipinski definition) is 3. The van der Waals surface area contributed by atoms with E-state index in [0.29, 0.717) is 17.7 Å².